The largest absolute Gasteiger partial charge is 0.496 e. The lowest BCUT2D eigenvalue weighted by atomic mass is 10.1. The number of hydrogen-bond donors (Lipinski definition) is 1. The molecule has 0 unspecified atom stereocenters. The average Bonchev–Trinajstić information content (AvgIpc) is 2.30. The predicted octanol–water partition coefficient (Wildman–Crippen LogP) is 2.75. The number of nitrogens with one attached hydrogen (secondary N) is 1. The Morgan fingerprint density at radius 2 is 2.24 bits per heavy atom. The zero-order valence-corrected chi connectivity index (χ0v) is 11.5. The molecule has 5 heteroatoms. The summed E-state index contributed by atoms with van der Waals surface area (Å²) in [5.41, 5.74) is 1.04. The van der Waals surface area contributed by atoms with Gasteiger partial charge in [0.15, 0.2) is 0 Å². The van der Waals surface area contributed by atoms with Gasteiger partial charge in [0.1, 0.15) is 5.75 Å². The minimum atomic E-state index is -0.388. The fourth-order valence-electron chi connectivity index (χ4n) is 1.42. The second kappa shape index (κ2) is 7.17. The maximum atomic E-state index is 11.1. The Morgan fingerprint density at radius 3 is 2.88 bits per heavy atom. The molecule has 17 heavy (non-hydrogen) atoms. The molecule has 4 nitrogen and oxygen atoms in total. The van der Waals surface area contributed by atoms with Crippen LogP contribution in [0.15, 0.2) is 22.7 Å². The van der Waals surface area contributed by atoms with Crippen molar-refractivity contribution in [2.24, 2.45) is 0 Å². The van der Waals surface area contributed by atoms with E-state index in [-0.39, 0.29) is 6.09 Å². The monoisotopic (exact) mass is 301 g/mol. The van der Waals surface area contributed by atoms with Crippen molar-refractivity contribution in [3.63, 3.8) is 0 Å². The molecule has 0 bridgehead atoms. The average molecular weight is 302 g/mol. The van der Waals surface area contributed by atoms with Gasteiger partial charge in [-0.3, -0.25) is 0 Å². The van der Waals surface area contributed by atoms with Crippen molar-refractivity contribution in [2.45, 2.75) is 13.3 Å². The number of carbonyl (C=O) groups excluding carboxylic acids is 1. The third-order valence-electron chi connectivity index (χ3n) is 2.18. The van der Waals surface area contributed by atoms with Crippen LogP contribution in [0.1, 0.15) is 12.5 Å². The molecule has 0 atom stereocenters. The number of benzene rings is 1. The summed E-state index contributed by atoms with van der Waals surface area (Å²) in [5.74, 6) is 0.818. The number of methoxy groups -OCH3 is 1. The molecule has 1 amide bonds. The zero-order chi connectivity index (χ0) is 12.7. The molecule has 0 radical (unpaired) electrons. The van der Waals surface area contributed by atoms with Crippen LogP contribution >= 0.6 is 15.9 Å². The molecule has 1 aromatic rings. The molecule has 1 rings (SSSR count). The van der Waals surface area contributed by atoms with Gasteiger partial charge >= 0.3 is 6.09 Å². The first-order chi connectivity index (χ1) is 8.17. The Bertz CT molecular complexity index is 382. The van der Waals surface area contributed by atoms with Crippen LogP contribution in [-0.2, 0) is 11.2 Å². The van der Waals surface area contributed by atoms with Gasteiger partial charge in [-0.15, -0.1) is 0 Å². The SMILES string of the molecule is CCOC(=O)NCCc1cc(Br)ccc1OC. The lowest BCUT2D eigenvalue weighted by molar-refractivity contribution is 0.152. The maximum absolute atomic E-state index is 11.1. The normalized spacial score (nSPS) is 9.82. The van der Waals surface area contributed by atoms with Gasteiger partial charge in [-0.25, -0.2) is 4.79 Å². The highest BCUT2D eigenvalue weighted by molar-refractivity contribution is 9.10. The van der Waals surface area contributed by atoms with E-state index in [4.69, 9.17) is 9.47 Å². The van der Waals surface area contributed by atoms with Gasteiger partial charge in [-0.2, -0.15) is 0 Å². The molecular weight excluding hydrogens is 286 g/mol. The van der Waals surface area contributed by atoms with Crippen LogP contribution in [-0.4, -0.2) is 26.4 Å². The number of amides is 1. The first-order valence-corrected chi connectivity index (χ1v) is 6.19. The van der Waals surface area contributed by atoms with Gasteiger partial charge in [-0.05, 0) is 37.1 Å². The van der Waals surface area contributed by atoms with Crippen molar-refractivity contribution in [3.8, 4) is 5.75 Å². The van der Waals surface area contributed by atoms with Gasteiger partial charge in [0.2, 0.25) is 0 Å². The number of hydrogen-bond acceptors (Lipinski definition) is 3. The molecule has 0 aromatic heterocycles. The van der Waals surface area contributed by atoms with E-state index in [1.54, 1.807) is 14.0 Å². The lowest BCUT2D eigenvalue weighted by Crippen LogP contribution is -2.26. The Morgan fingerprint density at radius 1 is 1.47 bits per heavy atom. The number of carbonyl (C=O) groups is 1. The highest BCUT2D eigenvalue weighted by Crippen LogP contribution is 2.23. The Labute approximate surface area is 109 Å². The fraction of sp³-hybridized carbons (Fsp3) is 0.417. The molecule has 0 aliphatic carbocycles. The van der Waals surface area contributed by atoms with E-state index in [9.17, 15) is 4.79 Å². The van der Waals surface area contributed by atoms with Crippen molar-refractivity contribution in [1.29, 1.82) is 0 Å². The molecule has 0 saturated heterocycles. The van der Waals surface area contributed by atoms with Crippen LogP contribution in [0.4, 0.5) is 4.79 Å². The summed E-state index contributed by atoms with van der Waals surface area (Å²) in [4.78, 5) is 11.1. The minimum Gasteiger partial charge on any atom is -0.496 e. The smallest absolute Gasteiger partial charge is 0.407 e. The second-order valence-electron chi connectivity index (χ2n) is 3.35. The van der Waals surface area contributed by atoms with E-state index in [1.807, 2.05) is 18.2 Å². The summed E-state index contributed by atoms with van der Waals surface area (Å²) < 4.78 is 11.0. The van der Waals surface area contributed by atoms with Crippen molar-refractivity contribution < 1.29 is 14.3 Å². The van der Waals surface area contributed by atoms with E-state index < -0.39 is 0 Å². The third-order valence-corrected chi connectivity index (χ3v) is 2.67. The van der Waals surface area contributed by atoms with Gasteiger partial charge in [0.25, 0.3) is 0 Å². The van der Waals surface area contributed by atoms with Crippen LogP contribution in [0.5, 0.6) is 5.75 Å². The number of ether oxygens (including phenoxy) is 2. The molecule has 0 aliphatic heterocycles. The fourth-order valence-corrected chi connectivity index (χ4v) is 1.83. The first kappa shape index (κ1) is 13.8. The van der Waals surface area contributed by atoms with Crippen molar-refractivity contribution in [1.82, 2.24) is 5.32 Å². The number of alkyl carbamates (subject to hydrolysis) is 1. The topological polar surface area (TPSA) is 47.6 Å². The van der Waals surface area contributed by atoms with Crippen LogP contribution < -0.4 is 10.1 Å². The van der Waals surface area contributed by atoms with Gasteiger partial charge in [-0.1, -0.05) is 15.9 Å². The summed E-state index contributed by atoms with van der Waals surface area (Å²) in [7, 11) is 1.63. The molecule has 0 heterocycles. The van der Waals surface area contributed by atoms with Crippen molar-refractivity contribution in [3.05, 3.63) is 28.2 Å². The molecular formula is C12H16BrNO3. The molecule has 1 N–H and O–H groups in total. The van der Waals surface area contributed by atoms with Gasteiger partial charge < -0.3 is 14.8 Å². The molecule has 94 valence electrons. The minimum absolute atomic E-state index is 0.381. The van der Waals surface area contributed by atoms with Gasteiger partial charge in [0, 0.05) is 11.0 Å². The van der Waals surface area contributed by atoms with E-state index in [0.29, 0.717) is 19.6 Å². The standard InChI is InChI=1S/C12H16BrNO3/c1-3-17-12(15)14-7-6-9-8-10(13)4-5-11(9)16-2/h4-5,8H,3,6-7H2,1-2H3,(H,14,15). The van der Waals surface area contributed by atoms with Crippen LogP contribution in [0.2, 0.25) is 0 Å². The molecule has 0 fully saturated rings. The van der Waals surface area contributed by atoms with Crippen molar-refractivity contribution >= 4 is 22.0 Å². The molecule has 0 saturated carbocycles. The molecule has 0 aliphatic rings. The highest BCUT2D eigenvalue weighted by Gasteiger charge is 2.05. The Balaban J connectivity index is 2.50. The maximum Gasteiger partial charge on any atom is 0.407 e. The summed E-state index contributed by atoms with van der Waals surface area (Å²) in [6, 6.07) is 5.79. The Hall–Kier alpha value is -1.23. The molecule has 1 aromatic carbocycles. The van der Waals surface area contributed by atoms with Crippen LogP contribution in [0.25, 0.3) is 0 Å². The van der Waals surface area contributed by atoms with E-state index >= 15 is 0 Å². The predicted molar refractivity (Wildman–Crippen MR) is 69.4 cm³/mol. The van der Waals surface area contributed by atoms with Crippen LogP contribution in [0, 0.1) is 0 Å². The first-order valence-electron chi connectivity index (χ1n) is 5.40. The summed E-state index contributed by atoms with van der Waals surface area (Å²) in [6.45, 7) is 2.68. The van der Waals surface area contributed by atoms with Crippen LogP contribution in [0.3, 0.4) is 0 Å². The third kappa shape index (κ3) is 4.65. The van der Waals surface area contributed by atoms with E-state index in [1.165, 1.54) is 0 Å². The van der Waals surface area contributed by atoms with Crippen molar-refractivity contribution in [2.75, 3.05) is 20.3 Å². The van der Waals surface area contributed by atoms with Gasteiger partial charge in [0.05, 0.1) is 13.7 Å². The molecule has 0 spiro atoms. The zero-order valence-electron chi connectivity index (χ0n) is 9.96. The number of halogens is 1. The second-order valence-corrected chi connectivity index (χ2v) is 4.27. The summed E-state index contributed by atoms with van der Waals surface area (Å²) >= 11 is 3.40. The number of rotatable bonds is 5. The van der Waals surface area contributed by atoms with E-state index in [0.717, 1.165) is 15.8 Å². The lowest BCUT2D eigenvalue weighted by Gasteiger charge is -2.09. The summed E-state index contributed by atoms with van der Waals surface area (Å²) in [6.07, 6.45) is 0.308. The van der Waals surface area contributed by atoms with E-state index in [2.05, 4.69) is 21.2 Å². The quantitative estimate of drug-likeness (QED) is 0.910. The summed E-state index contributed by atoms with van der Waals surface area (Å²) in [5, 5.41) is 2.67. The highest BCUT2D eigenvalue weighted by atomic mass is 79.9. The Kier molecular flexibility index (Phi) is 5.83.